The summed E-state index contributed by atoms with van der Waals surface area (Å²) in [5, 5.41) is 6.00. The van der Waals surface area contributed by atoms with Crippen LogP contribution in [0.15, 0.2) is 95.3 Å². The van der Waals surface area contributed by atoms with E-state index in [-0.39, 0.29) is 43.9 Å². The van der Waals surface area contributed by atoms with Gasteiger partial charge in [-0.1, -0.05) is 42.5 Å². The molecule has 246 valence electrons. The minimum absolute atomic E-state index is 0.0237. The van der Waals surface area contributed by atoms with E-state index in [1.54, 1.807) is 0 Å². The second-order valence-corrected chi connectivity index (χ2v) is 10.6. The molecule has 3 aromatic carbocycles. The molecule has 5 rings (SSSR count). The monoisotopic (exact) mass is 720 g/mol. The van der Waals surface area contributed by atoms with E-state index in [4.69, 9.17) is 4.74 Å². The summed E-state index contributed by atoms with van der Waals surface area (Å²) in [4.78, 5) is 59.8. The molecule has 2 heterocycles. The summed E-state index contributed by atoms with van der Waals surface area (Å²) < 4.78 is 60.3. The number of nitrogens with one attached hydrogen (secondary N) is 2. The molecule has 0 spiro atoms. The highest BCUT2D eigenvalue weighted by Gasteiger charge is 2.12. The van der Waals surface area contributed by atoms with Gasteiger partial charge in [-0.3, -0.25) is 24.5 Å². The fraction of sp³-hybridized carbons (Fsp3) is 0.200. The first-order valence-electron chi connectivity index (χ1n) is 13.7. The van der Waals surface area contributed by atoms with Crippen LogP contribution in [0.2, 0.25) is 0 Å². The lowest BCUT2D eigenvalue weighted by Gasteiger charge is -2.11. The molecule has 2 N–H and O–H groups in total. The van der Waals surface area contributed by atoms with Crippen molar-refractivity contribution >= 4 is 15.9 Å². The molecule has 2 aromatic heterocycles. The number of H-pyrrole nitrogens is 2. The van der Waals surface area contributed by atoms with Gasteiger partial charge in [0.2, 0.25) is 0 Å². The van der Waals surface area contributed by atoms with Gasteiger partial charge in [0.25, 0.3) is 5.56 Å². The van der Waals surface area contributed by atoms with E-state index in [0.717, 1.165) is 43.8 Å². The Balaban J connectivity index is 0.000000229. The maximum Gasteiger partial charge on any atom is 0.349 e. The van der Waals surface area contributed by atoms with Crippen LogP contribution in [-0.4, -0.2) is 29.1 Å². The SMILES string of the molecule is O=c1[nH]c(=O)n(CCc2ccc(F)c(F)c2)[nH]c1=O.O=c1c(Br)nn(CCc2ccc(F)c(F)c2)c(=O)n1COCc1ccccc1. The van der Waals surface area contributed by atoms with Gasteiger partial charge in [0, 0.05) is 6.54 Å². The largest absolute Gasteiger partial charge is 0.356 e. The zero-order valence-corrected chi connectivity index (χ0v) is 25.8. The predicted octanol–water partition coefficient (Wildman–Crippen LogP) is 2.61. The molecule has 0 fully saturated rings. The van der Waals surface area contributed by atoms with Crippen LogP contribution in [0.5, 0.6) is 0 Å². The first-order chi connectivity index (χ1) is 22.4. The van der Waals surface area contributed by atoms with Crippen molar-refractivity contribution in [3.05, 3.63) is 163 Å². The minimum Gasteiger partial charge on any atom is -0.356 e. The van der Waals surface area contributed by atoms with E-state index in [2.05, 4.69) is 26.1 Å². The maximum absolute atomic E-state index is 13.3. The summed E-state index contributed by atoms with van der Waals surface area (Å²) in [6.45, 7) is 0.109. The topological polar surface area (TPSA) is 154 Å². The van der Waals surface area contributed by atoms with Gasteiger partial charge < -0.3 is 4.74 Å². The quantitative estimate of drug-likeness (QED) is 0.166. The fourth-order valence-electron chi connectivity index (χ4n) is 4.09. The van der Waals surface area contributed by atoms with E-state index in [9.17, 15) is 41.5 Å². The summed E-state index contributed by atoms with van der Waals surface area (Å²) in [6, 6.07) is 16.2. The fourth-order valence-corrected chi connectivity index (χ4v) is 4.49. The number of aromatic amines is 2. The number of aryl methyl sites for hydroxylation is 4. The molecule has 0 aliphatic heterocycles. The molecule has 0 bridgehead atoms. The Morgan fingerprint density at radius 2 is 1.32 bits per heavy atom. The molecule has 47 heavy (non-hydrogen) atoms. The molecule has 17 heteroatoms. The second kappa shape index (κ2) is 15.9. The minimum atomic E-state index is -1.03. The zero-order chi connectivity index (χ0) is 34.1. The molecule has 5 aromatic rings. The molecule has 0 atom stereocenters. The maximum atomic E-state index is 13.3. The van der Waals surface area contributed by atoms with Crippen LogP contribution in [0.25, 0.3) is 0 Å². The molecule has 0 aliphatic carbocycles. The van der Waals surface area contributed by atoms with Crippen molar-refractivity contribution in [2.45, 2.75) is 39.3 Å². The number of rotatable bonds is 10. The van der Waals surface area contributed by atoms with Gasteiger partial charge in [-0.2, -0.15) is 5.10 Å². The molecule has 12 nitrogen and oxygen atoms in total. The molecule has 0 unspecified atom stereocenters. The standard InChI is InChI=1S/C19H16BrF2N3O3.C11H9F2N3O3/c20-17-18(26)24(12-28-11-14-4-2-1-3-5-14)19(27)25(23-17)9-8-13-6-7-15(21)16(22)10-13;12-7-2-1-6(5-8(7)13)3-4-16-11(19)14-9(17)10(18)15-16/h1-7,10H,8-9,11-12H2;1-2,5H,3-4H2,(H,15,18)(H,14,17,19). The van der Waals surface area contributed by atoms with E-state index in [1.165, 1.54) is 12.1 Å². The van der Waals surface area contributed by atoms with Crippen molar-refractivity contribution in [1.29, 1.82) is 0 Å². The third-order valence-electron chi connectivity index (χ3n) is 6.53. The molecular weight excluding hydrogens is 696 g/mol. The number of aromatic nitrogens is 6. The summed E-state index contributed by atoms with van der Waals surface area (Å²) in [7, 11) is 0. The second-order valence-electron chi connectivity index (χ2n) is 9.84. The number of halogens is 5. The Morgan fingerprint density at radius 1 is 0.723 bits per heavy atom. The van der Waals surface area contributed by atoms with Crippen molar-refractivity contribution < 1.29 is 22.3 Å². The number of ether oxygens (including phenoxy) is 1. The van der Waals surface area contributed by atoms with Gasteiger partial charge in [0.15, 0.2) is 27.9 Å². The van der Waals surface area contributed by atoms with Crippen molar-refractivity contribution in [3.8, 4) is 0 Å². The molecule has 0 radical (unpaired) electrons. The van der Waals surface area contributed by atoms with Crippen LogP contribution in [0, 0.1) is 23.3 Å². The Kier molecular flexibility index (Phi) is 11.7. The van der Waals surface area contributed by atoms with Gasteiger partial charge in [0.1, 0.15) is 6.73 Å². The average Bonchev–Trinajstić information content (AvgIpc) is 3.05. The number of benzene rings is 3. The normalized spacial score (nSPS) is 10.8. The van der Waals surface area contributed by atoms with Crippen LogP contribution in [0.3, 0.4) is 0 Å². The molecular formula is C30H25BrF4N6O6. The van der Waals surface area contributed by atoms with E-state index < -0.39 is 51.3 Å². The highest BCUT2D eigenvalue weighted by atomic mass is 79.9. The van der Waals surface area contributed by atoms with Gasteiger partial charge in [-0.05, 0) is 69.7 Å². The van der Waals surface area contributed by atoms with Crippen LogP contribution in [0.1, 0.15) is 16.7 Å². The van der Waals surface area contributed by atoms with Gasteiger partial charge in [-0.25, -0.2) is 41.1 Å². The summed E-state index contributed by atoms with van der Waals surface area (Å²) in [5.41, 5.74) is -2.15. The van der Waals surface area contributed by atoms with Gasteiger partial charge >= 0.3 is 22.5 Å². The van der Waals surface area contributed by atoms with Crippen molar-refractivity contribution in [2.75, 3.05) is 0 Å². The van der Waals surface area contributed by atoms with E-state index >= 15 is 0 Å². The Morgan fingerprint density at radius 3 is 1.91 bits per heavy atom. The van der Waals surface area contributed by atoms with Crippen molar-refractivity contribution in [3.63, 3.8) is 0 Å². The van der Waals surface area contributed by atoms with E-state index in [1.807, 2.05) is 35.3 Å². The van der Waals surface area contributed by atoms with Gasteiger partial charge in [0.05, 0.1) is 13.2 Å². The molecule has 0 amide bonds. The smallest absolute Gasteiger partial charge is 0.349 e. The first kappa shape index (κ1) is 34.7. The lowest BCUT2D eigenvalue weighted by Crippen LogP contribution is -2.43. The summed E-state index contributed by atoms with van der Waals surface area (Å²) in [6.07, 6.45) is 0.429. The third-order valence-corrected chi connectivity index (χ3v) is 7.02. The lowest BCUT2D eigenvalue weighted by atomic mass is 10.1. The first-order valence-corrected chi connectivity index (χ1v) is 14.5. The summed E-state index contributed by atoms with van der Waals surface area (Å²) in [5.74, 6) is -3.85. The number of hydrogen-bond acceptors (Lipinski definition) is 7. The average molecular weight is 721 g/mol. The Labute approximate surface area is 269 Å². The number of nitrogens with zero attached hydrogens (tertiary/aromatic N) is 4. The Hall–Kier alpha value is -5.16. The highest BCUT2D eigenvalue weighted by Crippen LogP contribution is 2.11. The lowest BCUT2D eigenvalue weighted by molar-refractivity contribution is 0.0568. The molecule has 0 saturated heterocycles. The molecule has 0 aliphatic rings. The third kappa shape index (κ3) is 9.43. The van der Waals surface area contributed by atoms with Crippen LogP contribution in [-0.2, 0) is 44.0 Å². The molecule has 0 saturated carbocycles. The predicted molar refractivity (Wildman–Crippen MR) is 164 cm³/mol. The van der Waals surface area contributed by atoms with Crippen LogP contribution >= 0.6 is 15.9 Å². The number of hydrogen-bond donors (Lipinski definition) is 2. The highest BCUT2D eigenvalue weighted by molar-refractivity contribution is 9.10. The van der Waals surface area contributed by atoms with Crippen molar-refractivity contribution in [1.82, 2.24) is 29.1 Å². The van der Waals surface area contributed by atoms with Gasteiger partial charge in [-0.15, -0.1) is 0 Å². The van der Waals surface area contributed by atoms with Crippen LogP contribution < -0.4 is 28.1 Å². The zero-order valence-electron chi connectivity index (χ0n) is 24.2. The van der Waals surface area contributed by atoms with E-state index in [0.29, 0.717) is 11.1 Å². The van der Waals surface area contributed by atoms with Crippen LogP contribution in [0.4, 0.5) is 17.6 Å². The van der Waals surface area contributed by atoms with Crippen molar-refractivity contribution in [2.24, 2.45) is 0 Å². The Bertz CT molecular complexity index is 2160. The summed E-state index contributed by atoms with van der Waals surface area (Å²) >= 11 is 3.05.